The lowest BCUT2D eigenvalue weighted by Crippen LogP contribution is -2.05. The largest absolute Gasteiger partial charge is 0.496 e. The number of benzene rings is 1. The number of methoxy groups -OCH3 is 1. The number of nitrogens with one attached hydrogen (secondary N) is 1. The Morgan fingerprint density at radius 3 is 2.79 bits per heavy atom. The number of anilines is 1. The summed E-state index contributed by atoms with van der Waals surface area (Å²) in [5.41, 5.74) is 2.20. The van der Waals surface area contributed by atoms with E-state index in [1.165, 1.54) is 5.56 Å². The second-order valence-electron chi connectivity index (χ2n) is 3.03. The van der Waals surface area contributed by atoms with Gasteiger partial charge in [-0.05, 0) is 30.2 Å². The zero-order chi connectivity index (χ0) is 10.4. The number of aliphatic hydroxyl groups is 1. The summed E-state index contributed by atoms with van der Waals surface area (Å²) in [6, 6.07) is 5.95. The topological polar surface area (TPSA) is 41.5 Å². The average molecular weight is 195 g/mol. The van der Waals surface area contributed by atoms with Gasteiger partial charge in [-0.15, -0.1) is 0 Å². The van der Waals surface area contributed by atoms with Crippen LogP contribution in [0, 0.1) is 0 Å². The molecule has 1 rings (SSSR count). The van der Waals surface area contributed by atoms with Crippen LogP contribution in [-0.4, -0.2) is 25.4 Å². The van der Waals surface area contributed by atoms with E-state index in [0.717, 1.165) is 17.9 Å². The van der Waals surface area contributed by atoms with Crippen LogP contribution < -0.4 is 10.1 Å². The Balaban J connectivity index is 2.79. The molecular formula is C11H17NO2. The van der Waals surface area contributed by atoms with Gasteiger partial charge in [0.05, 0.1) is 13.7 Å². The van der Waals surface area contributed by atoms with Crippen LogP contribution in [0.2, 0.25) is 0 Å². The van der Waals surface area contributed by atoms with Gasteiger partial charge in [-0.1, -0.05) is 6.92 Å². The summed E-state index contributed by atoms with van der Waals surface area (Å²) in [6.45, 7) is 2.82. The highest BCUT2D eigenvalue weighted by Gasteiger charge is 2.01. The molecule has 3 nitrogen and oxygen atoms in total. The van der Waals surface area contributed by atoms with E-state index in [2.05, 4.69) is 18.3 Å². The van der Waals surface area contributed by atoms with Crippen molar-refractivity contribution in [3.05, 3.63) is 23.8 Å². The summed E-state index contributed by atoms with van der Waals surface area (Å²) in [6.07, 6.45) is 0.942. The maximum atomic E-state index is 8.67. The van der Waals surface area contributed by atoms with E-state index in [1.807, 2.05) is 12.1 Å². The van der Waals surface area contributed by atoms with Gasteiger partial charge in [-0.2, -0.15) is 0 Å². The Morgan fingerprint density at radius 1 is 1.43 bits per heavy atom. The van der Waals surface area contributed by atoms with Crippen LogP contribution in [0.3, 0.4) is 0 Å². The van der Waals surface area contributed by atoms with E-state index >= 15 is 0 Å². The Hall–Kier alpha value is -1.22. The van der Waals surface area contributed by atoms with Crippen LogP contribution in [-0.2, 0) is 6.42 Å². The van der Waals surface area contributed by atoms with Crippen molar-refractivity contribution in [3.8, 4) is 5.75 Å². The fourth-order valence-electron chi connectivity index (χ4n) is 1.37. The molecule has 0 spiro atoms. The number of hydrogen-bond acceptors (Lipinski definition) is 3. The summed E-state index contributed by atoms with van der Waals surface area (Å²) >= 11 is 0. The maximum Gasteiger partial charge on any atom is 0.122 e. The minimum atomic E-state index is 0.146. The molecule has 0 radical (unpaired) electrons. The summed E-state index contributed by atoms with van der Waals surface area (Å²) in [5, 5.41) is 11.8. The van der Waals surface area contributed by atoms with Crippen molar-refractivity contribution in [2.24, 2.45) is 0 Å². The Bertz CT molecular complexity index is 287. The Labute approximate surface area is 84.7 Å². The third-order valence-electron chi connectivity index (χ3n) is 2.10. The molecule has 0 fully saturated rings. The first-order valence-corrected chi connectivity index (χ1v) is 4.83. The molecule has 14 heavy (non-hydrogen) atoms. The minimum Gasteiger partial charge on any atom is -0.496 e. The molecule has 0 atom stereocenters. The highest BCUT2D eigenvalue weighted by atomic mass is 16.5. The molecule has 3 heteroatoms. The van der Waals surface area contributed by atoms with Crippen LogP contribution in [0.5, 0.6) is 5.75 Å². The van der Waals surface area contributed by atoms with Crippen LogP contribution in [0.15, 0.2) is 18.2 Å². The maximum absolute atomic E-state index is 8.67. The Kier molecular flexibility index (Phi) is 4.26. The molecule has 1 aromatic carbocycles. The summed E-state index contributed by atoms with van der Waals surface area (Å²) < 4.78 is 5.22. The third-order valence-corrected chi connectivity index (χ3v) is 2.10. The molecule has 78 valence electrons. The van der Waals surface area contributed by atoms with Crippen molar-refractivity contribution in [2.75, 3.05) is 25.6 Å². The molecule has 0 aliphatic carbocycles. The van der Waals surface area contributed by atoms with Gasteiger partial charge in [0, 0.05) is 12.2 Å². The molecule has 0 amide bonds. The van der Waals surface area contributed by atoms with Crippen molar-refractivity contribution in [3.63, 3.8) is 0 Å². The number of rotatable bonds is 5. The van der Waals surface area contributed by atoms with Crippen LogP contribution in [0.1, 0.15) is 12.5 Å². The van der Waals surface area contributed by atoms with Crippen LogP contribution in [0.4, 0.5) is 5.69 Å². The molecule has 0 saturated carbocycles. The first kappa shape index (κ1) is 10.9. The van der Waals surface area contributed by atoms with Crippen LogP contribution in [0.25, 0.3) is 0 Å². The van der Waals surface area contributed by atoms with Gasteiger partial charge in [-0.25, -0.2) is 0 Å². The number of ether oxygens (including phenoxy) is 1. The lowest BCUT2D eigenvalue weighted by molar-refractivity contribution is 0.311. The van der Waals surface area contributed by atoms with Gasteiger partial charge in [0.1, 0.15) is 5.75 Å². The summed E-state index contributed by atoms with van der Waals surface area (Å²) in [5.74, 6) is 0.919. The fraction of sp³-hybridized carbons (Fsp3) is 0.455. The zero-order valence-electron chi connectivity index (χ0n) is 8.71. The van der Waals surface area contributed by atoms with Gasteiger partial charge in [0.15, 0.2) is 0 Å². The van der Waals surface area contributed by atoms with E-state index in [-0.39, 0.29) is 6.61 Å². The summed E-state index contributed by atoms with van der Waals surface area (Å²) in [7, 11) is 1.68. The van der Waals surface area contributed by atoms with Crippen molar-refractivity contribution < 1.29 is 9.84 Å². The van der Waals surface area contributed by atoms with E-state index in [4.69, 9.17) is 9.84 Å². The first-order chi connectivity index (χ1) is 6.81. The highest BCUT2D eigenvalue weighted by Crippen LogP contribution is 2.22. The van der Waals surface area contributed by atoms with Gasteiger partial charge in [-0.3, -0.25) is 0 Å². The predicted molar refractivity (Wildman–Crippen MR) is 57.9 cm³/mol. The second-order valence-corrected chi connectivity index (χ2v) is 3.03. The number of hydrogen-bond donors (Lipinski definition) is 2. The van der Waals surface area contributed by atoms with Crippen molar-refractivity contribution >= 4 is 5.69 Å². The van der Waals surface area contributed by atoms with Crippen LogP contribution >= 0.6 is 0 Å². The molecule has 2 N–H and O–H groups in total. The fourth-order valence-corrected chi connectivity index (χ4v) is 1.37. The van der Waals surface area contributed by atoms with E-state index in [0.29, 0.717) is 6.54 Å². The SMILES string of the molecule is CCc1cc(NCCO)ccc1OC. The molecule has 0 bridgehead atoms. The van der Waals surface area contributed by atoms with E-state index in [9.17, 15) is 0 Å². The highest BCUT2D eigenvalue weighted by molar-refractivity contribution is 5.51. The van der Waals surface area contributed by atoms with Gasteiger partial charge >= 0.3 is 0 Å². The zero-order valence-corrected chi connectivity index (χ0v) is 8.71. The molecule has 0 aliphatic heterocycles. The monoisotopic (exact) mass is 195 g/mol. The summed E-state index contributed by atoms with van der Waals surface area (Å²) in [4.78, 5) is 0. The van der Waals surface area contributed by atoms with Gasteiger partial charge < -0.3 is 15.2 Å². The first-order valence-electron chi connectivity index (χ1n) is 4.83. The molecule has 0 saturated heterocycles. The van der Waals surface area contributed by atoms with Gasteiger partial charge in [0.25, 0.3) is 0 Å². The van der Waals surface area contributed by atoms with E-state index in [1.54, 1.807) is 7.11 Å². The molecule has 0 heterocycles. The average Bonchev–Trinajstić information content (AvgIpc) is 2.25. The molecule has 0 unspecified atom stereocenters. The standard InChI is InChI=1S/C11H17NO2/c1-3-9-8-10(12-6-7-13)4-5-11(9)14-2/h4-5,8,12-13H,3,6-7H2,1-2H3. The molecule has 1 aromatic rings. The molecule has 0 aliphatic rings. The normalized spacial score (nSPS) is 9.93. The molecule has 0 aromatic heterocycles. The Morgan fingerprint density at radius 2 is 2.21 bits per heavy atom. The lowest BCUT2D eigenvalue weighted by atomic mass is 10.1. The van der Waals surface area contributed by atoms with Gasteiger partial charge in [0.2, 0.25) is 0 Å². The number of aliphatic hydroxyl groups excluding tert-OH is 1. The second kappa shape index (κ2) is 5.50. The van der Waals surface area contributed by atoms with Crippen molar-refractivity contribution in [2.45, 2.75) is 13.3 Å². The quantitative estimate of drug-likeness (QED) is 0.750. The van der Waals surface area contributed by atoms with Crippen molar-refractivity contribution in [1.29, 1.82) is 0 Å². The van der Waals surface area contributed by atoms with E-state index < -0.39 is 0 Å². The van der Waals surface area contributed by atoms with Crippen molar-refractivity contribution in [1.82, 2.24) is 0 Å². The lowest BCUT2D eigenvalue weighted by Gasteiger charge is -2.10. The number of aryl methyl sites for hydroxylation is 1. The minimum absolute atomic E-state index is 0.146. The predicted octanol–water partition coefficient (Wildman–Crippen LogP) is 1.66. The third kappa shape index (κ3) is 2.64. The smallest absolute Gasteiger partial charge is 0.122 e. The molecular weight excluding hydrogens is 178 g/mol.